The van der Waals surface area contributed by atoms with E-state index in [2.05, 4.69) is 72.7 Å². The molecule has 0 aliphatic heterocycles. The number of nitriles is 1. The molecule has 6 heteroatoms. The second kappa shape index (κ2) is 9.22. The molecule has 0 saturated carbocycles. The first-order valence-corrected chi connectivity index (χ1v) is 11.5. The molecular formula is C27H26BrN4O+. The van der Waals surface area contributed by atoms with E-state index < -0.39 is 0 Å². The Kier molecular flexibility index (Phi) is 6.37. The topological polar surface area (TPSA) is 57.8 Å². The van der Waals surface area contributed by atoms with Crippen LogP contribution in [0.4, 0.5) is 5.69 Å². The number of nitrogens with one attached hydrogen (secondary N) is 1. The van der Waals surface area contributed by atoms with Gasteiger partial charge >= 0.3 is 0 Å². The minimum Gasteiger partial charge on any atom is -0.347 e. The lowest BCUT2D eigenvalue weighted by atomic mass is 10.1. The number of quaternary nitrogens is 1. The van der Waals surface area contributed by atoms with Gasteiger partial charge in [0.2, 0.25) is 0 Å². The molecule has 0 aliphatic rings. The van der Waals surface area contributed by atoms with Crippen molar-refractivity contribution >= 4 is 38.4 Å². The number of rotatable bonds is 6. The zero-order chi connectivity index (χ0) is 23.6. The lowest BCUT2D eigenvalue weighted by Crippen LogP contribution is -2.34. The number of benzene rings is 3. The predicted molar refractivity (Wildman–Crippen MR) is 137 cm³/mol. The van der Waals surface area contributed by atoms with Crippen molar-refractivity contribution in [2.45, 2.75) is 13.1 Å². The molecule has 0 fully saturated rings. The first kappa shape index (κ1) is 22.8. The number of halogens is 1. The fourth-order valence-electron chi connectivity index (χ4n) is 3.86. The third-order valence-electron chi connectivity index (χ3n) is 5.66. The molecule has 5 nitrogen and oxygen atoms in total. The van der Waals surface area contributed by atoms with Gasteiger partial charge in [0.05, 0.1) is 32.8 Å². The van der Waals surface area contributed by atoms with Crippen LogP contribution in [0.5, 0.6) is 0 Å². The van der Waals surface area contributed by atoms with E-state index >= 15 is 0 Å². The van der Waals surface area contributed by atoms with Crippen molar-refractivity contribution in [1.29, 1.82) is 5.26 Å². The van der Waals surface area contributed by atoms with Gasteiger partial charge in [0.15, 0.2) is 0 Å². The standard InChI is InChI=1S/C27H25BrN4O/c1-32(2,3)24-10-7-19(8-11-24)17-30-27(33)26-15-22-14-23(28)9-12-25(22)31(26)18-21-6-4-5-20(13-21)16-29/h4-15H,17-18H2,1-3H3/p+1. The molecule has 166 valence electrons. The van der Waals surface area contributed by atoms with Crippen molar-refractivity contribution in [2.24, 2.45) is 0 Å². The van der Waals surface area contributed by atoms with Crippen LogP contribution in [-0.4, -0.2) is 31.6 Å². The molecule has 0 atom stereocenters. The normalized spacial score (nSPS) is 11.4. The van der Waals surface area contributed by atoms with Gasteiger partial charge < -0.3 is 9.88 Å². The van der Waals surface area contributed by atoms with Crippen LogP contribution in [0.15, 0.2) is 77.3 Å². The molecule has 1 N–H and O–H groups in total. The van der Waals surface area contributed by atoms with E-state index in [9.17, 15) is 10.1 Å². The van der Waals surface area contributed by atoms with Crippen molar-refractivity contribution in [3.8, 4) is 6.07 Å². The van der Waals surface area contributed by atoms with Crippen molar-refractivity contribution in [2.75, 3.05) is 21.1 Å². The smallest absolute Gasteiger partial charge is 0.268 e. The lowest BCUT2D eigenvalue weighted by molar-refractivity contribution is 0.0942. The molecule has 0 spiro atoms. The summed E-state index contributed by atoms with van der Waals surface area (Å²) in [6.45, 7) is 0.951. The van der Waals surface area contributed by atoms with Gasteiger partial charge in [-0.15, -0.1) is 0 Å². The third kappa shape index (κ3) is 5.16. The van der Waals surface area contributed by atoms with E-state index in [1.165, 1.54) is 5.69 Å². The number of amides is 1. The Labute approximate surface area is 202 Å². The maximum absolute atomic E-state index is 13.2. The number of carbonyl (C=O) groups is 1. The maximum atomic E-state index is 13.2. The molecule has 3 aromatic carbocycles. The summed E-state index contributed by atoms with van der Waals surface area (Å²) in [4.78, 5) is 13.2. The zero-order valence-electron chi connectivity index (χ0n) is 19.0. The van der Waals surface area contributed by atoms with Crippen LogP contribution >= 0.6 is 15.9 Å². The zero-order valence-corrected chi connectivity index (χ0v) is 20.6. The van der Waals surface area contributed by atoms with Crippen LogP contribution in [0.1, 0.15) is 27.2 Å². The highest BCUT2D eigenvalue weighted by molar-refractivity contribution is 9.10. The molecule has 1 aromatic heterocycles. The Morgan fingerprint density at radius 2 is 1.76 bits per heavy atom. The molecule has 1 amide bonds. The highest BCUT2D eigenvalue weighted by Crippen LogP contribution is 2.25. The summed E-state index contributed by atoms with van der Waals surface area (Å²) in [5.74, 6) is -0.130. The number of carbonyl (C=O) groups excluding carboxylic acids is 1. The fraction of sp³-hybridized carbons (Fsp3) is 0.185. The lowest BCUT2D eigenvalue weighted by Gasteiger charge is -2.23. The van der Waals surface area contributed by atoms with E-state index in [4.69, 9.17) is 0 Å². The fourth-order valence-corrected chi connectivity index (χ4v) is 4.23. The van der Waals surface area contributed by atoms with Crippen LogP contribution in [0.3, 0.4) is 0 Å². The third-order valence-corrected chi connectivity index (χ3v) is 6.15. The first-order chi connectivity index (χ1) is 15.7. The summed E-state index contributed by atoms with van der Waals surface area (Å²) in [5, 5.41) is 13.3. The molecule has 0 unspecified atom stereocenters. The molecule has 4 rings (SSSR count). The summed E-state index contributed by atoms with van der Waals surface area (Å²) < 4.78 is 3.71. The number of aromatic nitrogens is 1. The van der Waals surface area contributed by atoms with Gasteiger partial charge in [-0.1, -0.05) is 40.2 Å². The van der Waals surface area contributed by atoms with E-state index in [-0.39, 0.29) is 5.91 Å². The van der Waals surface area contributed by atoms with Gasteiger partial charge in [0.25, 0.3) is 5.91 Å². The van der Waals surface area contributed by atoms with Gasteiger partial charge in [0, 0.05) is 28.5 Å². The van der Waals surface area contributed by atoms with Gasteiger partial charge in [-0.2, -0.15) is 5.26 Å². The molecule has 0 radical (unpaired) electrons. The van der Waals surface area contributed by atoms with E-state index in [1.54, 1.807) is 6.07 Å². The second-order valence-electron chi connectivity index (χ2n) is 8.99. The van der Waals surface area contributed by atoms with Crippen LogP contribution in [0.2, 0.25) is 0 Å². The van der Waals surface area contributed by atoms with Crippen molar-refractivity contribution in [3.63, 3.8) is 0 Å². The van der Waals surface area contributed by atoms with Crippen molar-refractivity contribution in [1.82, 2.24) is 14.4 Å². The Morgan fingerprint density at radius 1 is 1.00 bits per heavy atom. The number of nitrogens with zero attached hydrogens (tertiary/aromatic N) is 3. The predicted octanol–water partition coefficient (Wildman–Crippen LogP) is 5.45. The van der Waals surface area contributed by atoms with Gasteiger partial charge in [-0.3, -0.25) is 9.28 Å². The molecule has 0 bridgehead atoms. The Morgan fingerprint density at radius 3 is 2.45 bits per heavy atom. The van der Waals surface area contributed by atoms with Crippen molar-refractivity contribution < 1.29 is 4.79 Å². The molecule has 0 aliphatic carbocycles. The number of fused-ring (bicyclic) bond motifs is 1. The van der Waals surface area contributed by atoms with Gasteiger partial charge in [0.1, 0.15) is 11.4 Å². The van der Waals surface area contributed by atoms with Crippen LogP contribution in [0.25, 0.3) is 10.9 Å². The van der Waals surface area contributed by atoms with Crippen LogP contribution in [0, 0.1) is 11.3 Å². The Balaban J connectivity index is 1.61. The average Bonchev–Trinajstić information content (AvgIpc) is 3.14. The highest BCUT2D eigenvalue weighted by Gasteiger charge is 2.17. The minimum absolute atomic E-state index is 0.130. The molecule has 33 heavy (non-hydrogen) atoms. The summed E-state index contributed by atoms with van der Waals surface area (Å²) >= 11 is 3.52. The van der Waals surface area contributed by atoms with Crippen LogP contribution in [-0.2, 0) is 13.1 Å². The number of hydrogen-bond acceptors (Lipinski definition) is 2. The van der Waals surface area contributed by atoms with E-state index in [0.717, 1.165) is 31.0 Å². The summed E-state index contributed by atoms with van der Waals surface area (Å²) in [5.41, 5.74) is 5.39. The maximum Gasteiger partial charge on any atom is 0.268 e. The summed E-state index contributed by atoms with van der Waals surface area (Å²) in [7, 11) is 6.38. The Bertz CT molecular complexity index is 1360. The molecular weight excluding hydrogens is 476 g/mol. The van der Waals surface area contributed by atoms with E-state index in [1.807, 2.05) is 47.0 Å². The van der Waals surface area contributed by atoms with E-state index in [0.29, 0.717) is 24.3 Å². The molecule has 4 aromatic rings. The second-order valence-corrected chi connectivity index (χ2v) is 9.91. The summed E-state index contributed by atoms with van der Waals surface area (Å²) in [6.07, 6.45) is 0. The average molecular weight is 502 g/mol. The quantitative estimate of drug-likeness (QED) is 0.357. The Hall–Kier alpha value is -3.40. The number of hydrogen-bond donors (Lipinski definition) is 1. The van der Waals surface area contributed by atoms with Crippen LogP contribution < -0.4 is 9.80 Å². The monoisotopic (exact) mass is 501 g/mol. The minimum atomic E-state index is -0.130. The highest BCUT2D eigenvalue weighted by atomic mass is 79.9. The molecule has 0 saturated heterocycles. The molecule has 1 heterocycles. The SMILES string of the molecule is C[N+](C)(C)c1ccc(CNC(=O)c2cc3cc(Br)ccc3n2Cc2cccc(C#N)c2)cc1. The summed E-state index contributed by atoms with van der Waals surface area (Å²) in [6, 6.07) is 25.9. The van der Waals surface area contributed by atoms with Gasteiger partial charge in [-0.05, 0) is 59.7 Å². The largest absolute Gasteiger partial charge is 0.347 e. The first-order valence-electron chi connectivity index (χ1n) is 10.7. The van der Waals surface area contributed by atoms with Crippen molar-refractivity contribution in [3.05, 3.63) is 99.7 Å². The van der Waals surface area contributed by atoms with Gasteiger partial charge in [-0.25, -0.2) is 0 Å².